The lowest BCUT2D eigenvalue weighted by Gasteiger charge is -2.07. The molecule has 0 atom stereocenters. The van der Waals surface area contributed by atoms with Crippen molar-refractivity contribution in [1.29, 1.82) is 0 Å². The third-order valence-electron chi connectivity index (χ3n) is 2.64. The van der Waals surface area contributed by atoms with Gasteiger partial charge in [-0.1, -0.05) is 17.8 Å². The van der Waals surface area contributed by atoms with E-state index in [1.807, 2.05) is 42.5 Å². The predicted molar refractivity (Wildman–Crippen MR) is 74.5 cm³/mol. The second-order valence-electron chi connectivity index (χ2n) is 3.82. The van der Waals surface area contributed by atoms with Crippen molar-refractivity contribution in [2.24, 2.45) is 0 Å². The summed E-state index contributed by atoms with van der Waals surface area (Å²) in [7, 11) is 0. The molecule has 0 fully saturated rings. The summed E-state index contributed by atoms with van der Waals surface area (Å²) < 4.78 is 0. The average molecular weight is 253 g/mol. The van der Waals surface area contributed by atoms with E-state index in [1.54, 1.807) is 24.2 Å². The van der Waals surface area contributed by atoms with E-state index in [2.05, 4.69) is 9.97 Å². The molecule has 0 aliphatic carbocycles. The number of aromatic nitrogens is 2. The molecule has 2 N–H and O–H groups in total. The van der Waals surface area contributed by atoms with Gasteiger partial charge >= 0.3 is 0 Å². The van der Waals surface area contributed by atoms with Gasteiger partial charge in [0.15, 0.2) is 0 Å². The molecule has 2 aromatic heterocycles. The van der Waals surface area contributed by atoms with Gasteiger partial charge in [0.1, 0.15) is 5.03 Å². The van der Waals surface area contributed by atoms with Crippen LogP contribution in [0.1, 0.15) is 0 Å². The molecule has 18 heavy (non-hydrogen) atoms. The predicted octanol–water partition coefficient (Wildman–Crippen LogP) is 3.36. The van der Waals surface area contributed by atoms with Crippen LogP contribution in [0.5, 0.6) is 0 Å². The quantitative estimate of drug-likeness (QED) is 0.711. The number of nitrogen functional groups attached to an aromatic ring is 1. The van der Waals surface area contributed by atoms with Gasteiger partial charge in [0, 0.05) is 22.7 Å². The van der Waals surface area contributed by atoms with Crippen LogP contribution in [0.25, 0.3) is 10.9 Å². The van der Waals surface area contributed by atoms with Gasteiger partial charge in [-0.2, -0.15) is 0 Å². The number of anilines is 1. The monoisotopic (exact) mass is 253 g/mol. The third-order valence-corrected chi connectivity index (χ3v) is 3.67. The number of fused-ring (bicyclic) bond motifs is 1. The van der Waals surface area contributed by atoms with Crippen molar-refractivity contribution in [3.8, 4) is 0 Å². The van der Waals surface area contributed by atoms with Crippen LogP contribution in [0.2, 0.25) is 0 Å². The first kappa shape index (κ1) is 11.0. The summed E-state index contributed by atoms with van der Waals surface area (Å²) in [5, 5.41) is 1.92. The SMILES string of the molecule is Nc1c(Sc2ccccn2)ccc2ncccc12. The molecule has 3 nitrogen and oxygen atoms in total. The zero-order valence-corrected chi connectivity index (χ0v) is 10.4. The molecular formula is C14H11N3S. The van der Waals surface area contributed by atoms with Crippen LogP contribution in [0.4, 0.5) is 5.69 Å². The molecule has 3 rings (SSSR count). The highest BCUT2D eigenvalue weighted by Crippen LogP contribution is 2.34. The molecule has 0 saturated carbocycles. The Morgan fingerprint density at radius 1 is 0.889 bits per heavy atom. The van der Waals surface area contributed by atoms with Crippen LogP contribution in [0.3, 0.4) is 0 Å². The maximum atomic E-state index is 6.18. The van der Waals surface area contributed by atoms with Gasteiger partial charge in [0.05, 0.1) is 11.2 Å². The van der Waals surface area contributed by atoms with Crippen molar-refractivity contribution in [3.63, 3.8) is 0 Å². The minimum absolute atomic E-state index is 0.760. The first-order valence-electron chi connectivity index (χ1n) is 5.57. The molecule has 4 heteroatoms. The Morgan fingerprint density at radius 3 is 2.61 bits per heavy atom. The molecule has 0 saturated heterocycles. The summed E-state index contributed by atoms with van der Waals surface area (Å²) in [4.78, 5) is 9.58. The van der Waals surface area contributed by atoms with Crippen LogP contribution >= 0.6 is 11.8 Å². The Kier molecular flexibility index (Phi) is 2.86. The molecule has 1 aromatic carbocycles. The summed E-state index contributed by atoms with van der Waals surface area (Å²) in [6.45, 7) is 0. The van der Waals surface area contributed by atoms with E-state index in [1.165, 1.54) is 0 Å². The first-order valence-corrected chi connectivity index (χ1v) is 6.38. The molecule has 3 aromatic rings. The van der Waals surface area contributed by atoms with Gasteiger partial charge in [-0.15, -0.1) is 0 Å². The lowest BCUT2D eigenvalue weighted by molar-refractivity contribution is 1.13. The van der Waals surface area contributed by atoms with E-state index in [9.17, 15) is 0 Å². The second kappa shape index (κ2) is 4.66. The summed E-state index contributed by atoms with van der Waals surface area (Å²) in [6.07, 6.45) is 3.55. The van der Waals surface area contributed by atoms with Gasteiger partial charge in [0.25, 0.3) is 0 Å². The molecule has 0 amide bonds. The molecule has 0 unspecified atom stereocenters. The van der Waals surface area contributed by atoms with Crippen molar-refractivity contribution in [2.45, 2.75) is 9.92 Å². The number of nitrogens with zero attached hydrogens (tertiary/aromatic N) is 2. The Morgan fingerprint density at radius 2 is 1.78 bits per heavy atom. The molecular weight excluding hydrogens is 242 g/mol. The Hall–Kier alpha value is -2.07. The standard InChI is InChI=1S/C14H11N3S/c15-14-10-4-3-9-16-11(10)6-7-12(14)18-13-5-1-2-8-17-13/h1-9H,15H2. The number of nitrogens with two attached hydrogens (primary N) is 1. The van der Waals surface area contributed by atoms with Crippen LogP contribution in [-0.2, 0) is 0 Å². The number of pyridine rings is 2. The van der Waals surface area contributed by atoms with Crippen molar-refractivity contribution in [2.75, 3.05) is 5.73 Å². The van der Waals surface area contributed by atoms with E-state index in [4.69, 9.17) is 5.73 Å². The van der Waals surface area contributed by atoms with E-state index < -0.39 is 0 Å². The topological polar surface area (TPSA) is 51.8 Å². The second-order valence-corrected chi connectivity index (χ2v) is 4.88. The van der Waals surface area contributed by atoms with E-state index in [0.29, 0.717) is 0 Å². The van der Waals surface area contributed by atoms with Gasteiger partial charge in [0.2, 0.25) is 0 Å². The fourth-order valence-electron chi connectivity index (χ4n) is 1.76. The van der Waals surface area contributed by atoms with E-state index in [0.717, 1.165) is 26.5 Å². The molecule has 0 aliphatic rings. The molecule has 2 heterocycles. The van der Waals surface area contributed by atoms with Gasteiger partial charge < -0.3 is 5.73 Å². The minimum Gasteiger partial charge on any atom is -0.397 e. The van der Waals surface area contributed by atoms with Gasteiger partial charge in [-0.25, -0.2) is 4.98 Å². The molecule has 88 valence electrons. The molecule has 0 spiro atoms. The van der Waals surface area contributed by atoms with Crippen LogP contribution in [0.15, 0.2) is 64.8 Å². The minimum atomic E-state index is 0.760. The summed E-state index contributed by atoms with van der Waals surface area (Å²) >= 11 is 1.57. The zero-order chi connectivity index (χ0) is 12.4. The van der Waals surface area contributed by atoms with Crippen molar-refractivity contribution < 1.29 is 0 Å². The van der Waals surface area contributed by atoms with Crippen molar-refractivity contribution in [3.05, 3.63) is 54.9 Å². The average Bonchev–Trinajstić information content (AvgIpc) is 2.43. The van der Waals surface area contributed by atoms with Crippen LogP contribution in [-0.4, -0.2) is 9.97 Å². The summed E-state index contributed by atoms with van der Waals surface area (Å²) in [5.41, 5.74) is 7.86. The van der Waals surface area contributed by atoms with E-state index >= 15 is 0 Å². The normalized spacial score (nSPS) is 10.7. The number of benzene rings is 1. The highest BCUT2D eigenvalue weighted by molar-refractivity contribution is 7.99. The lowest BCUT2D eigenvalue weighted by Crippen LogP contribution is -1.92. The Balaban J connectivity index is 2.05. The number of hydrogen-bond donors (Lipinski definition) is 1. The van der Waals surface area contributed by atoms with Gasteiger partial charge in [-0.3, -0.25) is 4.98 Å². The maximum Gasteiger partial charge on any atom is 0.101 e. The maximum absolute atomic E-state index is 6.18. The van der Waals surface area contributed by atoms with Crippen molar-refractivity contribution >= 4 is 28.4 Å². The van der Waals surface area contributed by atoms with E-state index in [-0.39, 0.29) is 0 Å². The molecule has 0 radical (unpaired) electrons. The zero-order valence-electron chi connectivity index (χ0n) is 9.58. The Labute approximate surface area is 109 Å². The number of hydrogen-bond acceptors (Lipinski definition) is 4. The highest BCUT2D eigenvalue weighted by atomic mass is 32.2. The summed E-state index contributed by atoms with van der Waals surface area (Å²) in [6, 6.07) is 13.7. The molecule has 0 bridgehead atoms. The third kappa shape index (κ3) is 2.02. The van der Waals surface area contributed by atoms with Gasteiger partial charge in [-0.05, 0) is 36.4 Å². The number of rotatable bonds is 2. The van der Waals surface area contributed by atoms with Crippen LogP contribution in [0, 0.1) is 0 Å². The lowest BCUT2D eigenvalue weighted by atomic mass is 10.2. The Bertz CT molecular complexity index is 683. The smallest absolute Gasteiger partial charge is 0.101 e. The molecule has 0 aliphatic heterocycles. The fourth-order valence-corrected chi connectivity index (χ4v) is 2.61. The highest BCUT2D eigenvalue weighted by Gasteiger charge is 2.06. The van der Waals surface area contributed by atoms with Crippen LogP contribution < -0.4 is 5.73 Å². The summed E-state index contributed by atoms with van der Waals surface area (Å²) in [5.74, 6) is 0. The fraction of sp³-hybridized carbons (Fsp3) is 0. The first-order chi connectivity index (χ1) is 8.84. The van der Waals surface area contributed by atoms with Crippen molar-refractivity contribution in [1.82, 2.24) is 9.97 Å². The largest absolute Gasteiger partial charge is 0.397 e.